The van der Waals surface area contributed by atoms with E-state index in [-0.39, 0.29) is 24.2 Å². The van der Waals surface area contributed by atoms with Crippen LogP contribution < -0.4 is 0 Å². The van der Waals surface area contributed by atoms with E-state index in [9.17, 15) is 19.7 Å². The second-order valence-electron chi connectivity index (χ2n) is 6.11. The maximum absolute atomic E-state index is 12.2. The summed E-state index contributed by atoms with van der Waals surface area (Å²) in [6.07, 6.45) is -0.176. The molecular formula is C15H20N2O5. The van der Waals surface area contributed by atoms with Crippen molar-refractivity contribution in [1.29, 1.82) is 0 Å². The van der Waals surface area contributed by atoms with E-state index < -0.39 is 22.2 Å². The van der Waals surface area contributed by atoms with Crippen LogP contribution in [0.15, 0.2) is 18.2 Å². The first-order valence-electron chi connectivity index (χ1n) is 6.80. The minimum absolute atomic E-state index is 0.0446. The molecule has 0 aromatic heterocycles. The minimum Gasteiger partial charge on any atom is -0.481 e. The first-order chi connectivity index (χ1) is 10.0. The predicted octanol–water partition coefficient (Wildman–Crippen LogP) is 2.44. The number of carboxylic acid groups (broad SMARTS) is 1. The zero-order chi connectivity index (χ0) is 17.1. The Morgan fingerprint density at radius 1 is 1.32 bits per heavy atom. The highest BCUT2D eigenvalue weighted by Gasteiger charge is 2.26. The summed E-state index contributed by atoms with van der Waals surface area (Å²) >= 11 is 0. The van der Waals surface area contributed by atoms with E-state index in [0.29, 0.717) is 5.56 Å². The van der Waals surface area contributed by atoms with E-state index in [0.717, 1.165) is 0 Å². The molecular weight excluding hydrogens is 288 g/mol. The molecule has 0 heterocycles. The Kier molecular flexibility index (Phi) is 5.24. The van der Waals surface area contributed by atoms with Crippen molar-refractivity contribution in [2.45, 2.75) is 32.6 Å². The van der Waals surface area contributed by atoms with Gasteiger partial charge in [-0.1, -0.05) is 26.8 Å². The van der Waals surface area contributed by atoms with Gasteiger partial charge in [-0.3, -0.25) is 19.7 Å². The molecule has 7 nitrogen and oxygen atoms in total. The van der Waals surface area contributed by atoms with Gasteiger partial charge in [0, 0.05) is 30.8 Å². The summed E-state index contributed by atoms with van der Waals surface area (Å²) in [5, 5.41) is 19.9. The van der Waals surface area contributed by atoms with Crippen LogP contribution in [0, 0.1) is 10.1 Å². The summed E-state index contributed by atoms with van der Waals surface area (Å²) in [5.41, 5.74) is 0.193. The lowest BCUT2D eigenvalue weighted by molar-refractivity contribution is -0.386. The molecule has 0 atom stereocenters. The van der Waals surface area contributed by atoms with Crippen LogP contribution in [0.2, 0.25) is 0 Å². The van der Waals surface area contributed by atoms with Gasteiger partial charge in [0.15, 0.2) is 0 Å². The average Bonchev–Trinajstić information content (AvgIpc) is 2.42. The Labute approximate surface area is 128 Å². The van der Waals surface area contributed by atoms with Gasteiger partial charge in [-0.15, -0.1) is 0 Å². The number of nitro benzene ring substituents is 1. The van der Waals surface area contributed by atoms with Crippen molar-refractivity contribution in [3.05, 3.63) is 39.4 Å². The Morgan fingerprint density at radius 2 is 1.91 bits per heavy atom. The minimum atomic E-state index is -1.01. The highest BCUT2D eigenvalue weighted by molar-refractivity contribution is 5.95. The number of hydrogen-bond donors (Lipinski definition) is 1. The van der Waals surface area contributed by atoms with Crippen LogP contribution in [0.3, 0.4) is 0 Å². The molecule has 0 bridgehead atoms. The van der Waals surface area contributed by atoms with Gasteiger partial charge in [0.2, 0.25) is 0 Å². The molecule has 0 aliphatic rings. The van der Waals surface area contributed by atoms with Gasteiger partial charge in [-0.2, -0.15) is 0 Å². The number of hydrogen-bond acceptors (Lipinski definition) is 4. The molecule has 22 heavy (non-hydrogen) atoms. The van der Waals surface area contributed by atoms with Crippen LogP contribution in [0.25, 0.3) is 0 Å². The molecule has 0 saturated carbocycles. The molecule has 0 fully saturated rings. The number of rotatable bonds is 5. The zero-order valence-corrected chi connectivity index (χ0v) is 13.1. The van der Waals surface area contributed by atoms with Gasteiger partial charge < -0.3 is 10.0 Å². The average molecular weight is 308 g/mol. The van der Waals surface area contributed by atoms with Crippen molar-refractivity contribution in [2.75, 3.05) is 13.6 Å². The summed E-state index contributed by atoms with van der Waals surface area (Å²) in [7, 11) is 1.47. The van der Waals surface area contributed by atoms with Crippen LogP contribution in [-0.2, 0) is 10.2 Å². The fraction of sp³-hybridized carbons (Fsp3) is 0.467. The molecule has 1 aromatic rings. The van der Waals surface area contributed by atoms with Gasteiger partial charge in [0.05, 0.1) is 11.3 Å². The fourth-order valence-corrected chi connectivity index (χ4v) is 2.04. The highest BCUT2D eigenvalue weighted by Crippen LogP contribution is 2.32. The lowest BCUT2D eigenvalue weighted by Gasteiger charge is -2.20. The quantitative estimate of drug-likeness (QED) is 0.665. The monoisotopic (exact) mass is 308 g/mol. The molecule has 0 spiro atoms. The molecule has 0 aliphatic carbocycles. The van der Waals surface area contributed by atoms with Crippen molar-refractivity contribution in [2.24, 2.45) is 0 Å². The predicted molar refractivity (Wildman–Crippen MR) is 81.0 cm³/mol. The lowest BCUT2D eigenvalue weighted by Crippen LogP contribution is -2.29. The third-order valence-corrected chi connectivity index (χ3v) is 3.26. The van der Waals surface area contributed by atoms with Gasteiger partial charge in [0.1, 0.15) is 0 Å². The van der Waals surface area contributed by atoms with Crippen molar-refractivity contribution in [3.63, 3.8) is 0 Å². The molecule has 1 N–H and O–H groups in total. The second kappa shape index (κ2) is 6.55. The summed E-state index contributed by atoms with van der Waals surface area (Å²) < 4.78 is 0. The molecule has 0 aliphatic heterocycles. The van der Waals surface area contributed by atoms with E-state index in [1.165, 1.54) is 24.1 Å². The van der Waals surface area contributed by atoms with E-state index >= 15 is 0 Å². The van der Waals surface area contributed by atoms with E-state index in [2.05, 4.69) is 0 Å². The highest BCUT2D eigenvalue weighted by atomic mass is 16.6. The zero-order valence-electron chi connectivity index (χ0n) is 13.1. The standard InChI is InChI=1S/C15H20N2O5/c1-15(2,3)11-6-5-10(9-12(11)17(21)22)14(20)16(4)8-7-13(18)19/h5-6,9H,7-8H2,1-4H3,(H,18,19). The Morgan fingerprint density at radius 3 is 2.36 bits per heavy atom. The molecule has 0 unspecified atom stereocenters. The number of amides is 1. The molecule has 120 valence electrons. The number of nitro groups is 1. The number of carboxylic acids is 1. The van der Waals surface area contributed by atoms with E-state index in [1.54, 1.807) is 6.07 Å². The molecule has 7 heteroatoms. The molecule has 1 aromatic carbocycles. The maximum Gasteiger partial charge on any atom is 0.305 e. The third kappa shape index (κ3) is 4.28. The molecule has 0 radical (unpaired) electrons. The second-order valence-corrected chi connectivity index (χ2v) is 6.11. The number of carbonyl (C=O) groups excluding carboxylic acids is 1. The SMILES string of the molecule is CN(CCC(=O)O)C(=O)c1ccc(C(C)(C)C)c([N+](=O)[O-])c1. The van der Waals surface area contributed by atoms with Crippen LogP contribution >= 0.6 is 0 Å². The smallest absolute Gasteiger partial charge is 0.305 e. The first kappa shape index (κ1) is 17.6. The first-order valence-corrected chi connectivity index (χ1v) is 6.80. The van der Waals surface area contributed by atoms with E-state index in [4.69, 9.17) is 5.11 Å². The third-order valence-electron chi connectivity index (χ3n) is 3.26. The topological polar surface area (TPSA) is 101 Å². The van der Waals surface area contributed by atoms with E-state index in [1.807, 2.05) is 20.8 Å². The number of nitrogens with zero attached hydrogens (tertiary/aromatic N) is 2. The van der Waals surface area contributed by atoms with Crippen molar-refractivity contribution >= 4 is 17.6 Å². The molecule has 0 saturated heterocycles. The number of benzene rings is 1. The van der Waals surface area contributed by atoms with Crippen LogP contribution in [0.1, 0.15) is 43.1 Å². The maximum atomic E-state index is 12.2. The Balaban J connectivity index is 3.12. The van der Waals surface area contributed by atoms with Crippen LogP contribution in [-0.4, -0.2) is 40.4 Å². The fourth-order valence-electron chi connectivity index (χ4n) is 2.04. The van der Waals surface area contributed by atoms with Crippen LogP contribution in [0.5, 0.6) is 0 Å². The van der Waals surface area contributed by atoms with Gasteiger partial charge in [-0.25, -0.2) is 0 Å². The summed E-state index contributed by atoms with van der Waals surface area (Å²) in [5.74, 6) is -1.45. The molecule has 1 rings (SSSR count). The van der Waals surface area contributed by atoms with Gasteiger partial charge >= 0.3 is 5.97 Å². The largest absolute Gasteiger partial charge is 0.481 e. The summed E-state index contributed by atoms with van der Waals surface area (Å²) in [6, 6.07) is 4.36. The normalized spacial score (nSPS) is 11.1. The summed E-state index contributed by atoms with van der Waals surface area (Å²) in [4.78, 5) is 34.7. The van der Waals surface area contributed by atoms with Crippen molar-refractivity contribution in [3.8, 4) is 0 Å². The molecule has 1 amide bonds. The number of aliphatic carboxylic acids is 1. The van der Waals surface area contributed by atoms with Gasteiger partial charge in [-0.05, 0) is 11.5 Å². The number of carbonyl (C=O) groups is 2. The Hall–Kier alpha value is -2.44. The lowest BCUT2D eigenvalue weighted by atomic mass is 9.85. The van der Waals surface area contributed by atoms with Crippen molar-refractivity contribution in [1.82, 2.24) is 4.90 Å². The summed E-state index contributed by atoms with van der Waals surface area (Å²) in [6.45, 7) is 5.62. The van der Waals surface area contributed by atoms with Crippen molar-refractivity contribution < 1.29 is 19.6 Å². The Bertz CT molecular complexity index is 604. The van der Waals surface area contributed by atoms with Crippen LogP contribution in [0.4, 0.5) is 5.69 Å². The van der Waals surface area contributed by atoms with Gasteiger partial charge in [0.25, 0.3) is 11.6 Å².